The van der Waals surface area contributed by atoms with E-state index in [1.54, 1.807) is 0 Å². The van der Waals surface area contributed by atoms with Crippen molar-refractivity contribution in [2.45, 2.75) is 14.7 Å². The van der Waals surface area contributed by atoms with Crippen LogP contribution in [0.5, 0.6) is 0 Å². The molecule has 0 atom stereocenters. The summed E-state index contributed by atoms with van der Waals surface area (Å²) in [5.74, 6) is -0.505. The summed E-state index contributed by atoms with van der Waals surface area (Å²) in [5, 5.41) is 0. The molecule has 118 valence electrons. The van der Waals surface area contributed by atoms with Gasteiger partial charge in [0.15, 0.2) is 0 Å². The molecule has 4 heteroatoms. The van der Waals surface area contributed by atoms with Crippen molar-refractivity contribution in [2.75, 3.05) is 6.26 Å². The second-order valence-electron chi connectivity index (χ2n) is 5.28. The van der Waals surface area contributed by atoms with Crippen LogP contribution in [0.4, 0.5) is 8.78 Å². The van der Waals surface area contributed by atoms with Gasteiger partial charge >= 0.3 is 0 Å². The normalized spacial score (nSPS) is 12.2. The minimum absolute atomic E-state index is 0.253. The molecular formula is C19H15F2IS. The average molecular weight is 440 g/mol. The zero-order chi connectivity index (χ0) is 16.4. The highest BCUT2D eigenvalue weighted by atomic mass is 127. The lowest BCUT2D eigenvalue weighted by Gasteiger charge is -2.37. The molecule has 0 amide bonds. The second kappa shape index (κ2) is 6.61. The predicted molar refractivity (Wildman–Crippen MR) is 100 cm³/mol. The minimum atomic E-state index is -1.56. The van der Waals surface area contributed by atoms with Crippen molar-refractivity contribution >= 4 is 32.6 Å². The first-order valence-corrected chi connectivity index (χ1v) is 10.2. The standard InChI is InChI=1S/C19H15F2IS/c1-23(17-8-2-14(20)3-9-17,18-10-4-15(21)5-11-18)19-12-6-16(22)7-13-19/h2-13H,1H3. The zero-order valence-electron chi connectivity index (χ0n) is 12.5. The third kappa shape index (κ3) is 3.28. The summed E-state index contributed by atoms with van der Waals surface area (Å²) in [6, 6.07) is 21.6. The van der Waals surface area contributed by atoms with Gasteiger partial charge in [0, 0.05) is 3.57 Å². The molecule has 0 unspecified atom stereocenters. The van der Waals surface area contributed by atoms with Crippen LogP contribution in [-0.4, -0.2) is 6.26 Å². The molecule has 0 aromatic heterocycles. The van der Waals surface area contributed by atoms with Crippen molar-refractivity contribution in [2.24, 2.45) is 0 Å². The highest BCUT2D eigenvalue weighted by Gasteiger charge is 2.26. The molecule has 3 aromatic rings. The summed E-state index contributed by atoms with van der Waals surface area (Å²) in [6.45, 7) is 0. The third-order valence-electron chi connectivity index (χ3n) is 3.86. The molecule has 0 N–H and O–H groups in total. The third-order valence-corrected chi connectivity index (χ3v) is 8.22. The monoisotopic (exact) mass is 440 g/mol. The van der Waals surface area contributed by atoms with Gasteiger partial charge in [-0.15, -0.1) is 0 Å². The molecular weight excluding hydrogens is 425 g/mol. The van der Waals surface area contributed by atoms with Crippen LogP contribution >= 0.6 is 32.6 Å². The van der Waals surface area contributed by atoms with Gasteiger partial charge in [0.1, 0.15) is 11.6 Å². The Morgan fingerprint density at radius 3 is 1.26 bits per heavy atom. The minimum Gasteiger partial charge on any atom is -0.207 e. The number of rotatable bonds is 3. The fourth-order valence-corrected chi connectivity index (χ4v) is 5.75. The zero-order valence-corrected chi connectivity index (χ0v) is 15.4. The fraction of sp³-hybridized carbons (Fsp3) is 0.0526. The van der Waals surface area contributed by atoms with Gasteiger partial charge in [-0.3, -0.25) is 0 Å². The maximum absolute atomic E-state index is 13.3. The van der Waals surface area contributed by atoms with Crippen LogP contribution in [-0.2, 0) is 0 Å². The Balaban J connectivity index is 2.21. The Morgan fingerprint density at radius 1 is 0.609 bits per heavy atom. The summed E-state index contributed by atoms with van der Waals surface area (Å²) < 4.78 is 27.8. The summed E-state index contributed by atoms with van der Waals surface area (Å²) in [5.41, 5.74) is 0. The molecule has 0 nitrogen and oxygen atoms in total. The highest BCUT2D eigenvalue weighted by molar-refractivity contribution is 14.1. The summed E-state index contributed by atoms with van der Waals surface area (Å²) >= 11 is 2.27. The fourth-order valence-electron chi connectivity index (χ4n) is 2.53. The Bertz CT molecular complexity index is 685. The number of hydrogen-bond acceptors (Lipinski definition) is 0. The van der Waals surface area contributed by atoms with E-state index < -0.39 is 10.0 Å². The second-order valence-corrected chi connectivity index (χ2v) is 9.78. The number of benzene rings is 3. The topological polar surface area (TPSA) is 0 Å². The van der Waals surface area contributed by atoms with Crippen LogP contribution in [0.3, 0.4) is 0 Å². The van der Waals surface area contributed by atoms with E-state index in [4.69, 9.17) is 0 Å². The van der Waals surface area contributed by atoms with Crippen LogP contribution in [0.15, 0.2) is 87.5 Å². The lowest BCUT2D eigenvalue weighted by atomic mass is 10.3. The molecule has 0 aliphatic heterocycles. The van der Waals surface area contributed by atoms with E-state index in [1.165, 1.54) is 24.3 Å². The number of hydrogen-bond donors (Lipinski definition) is 0. The smallest absolute Gasteiger partial charge is 0.123 e. The van der Waals surface area contributed by atoms with Crippen molar-refractivity contribution in [1.82, 2.24) is 0 Å². The predicted octanol–water partition coefficient (Wildman–Crippen LogP) is 6.48. The van der Waals surface area contributed by atoms with E-state index >= 15 is 0 Å². The van der Waals surface area contributed by atoms with Crippen molar-refractivity contribution in [3.05, 3.63) is 88.0 Å². The molecule has 23 heavy (non-hydrogen) atoms. The largest absolute Gasteiger partial charge is 0.207 e. The lowest BCUT2D eigenvalue weighted by molar-refractivity contribution is 0.626. The van der Waals surface area contributed by atoms with Gasteiger partial charge in [0.05, 0.1) is 0 Å². The Hall–Kier alpha value is -1.40. The maximum atomic E-state index is 13.3. The van der Waals surface area contributed by atoms with E-state index in [9.17, 15) is 8.78 Å². The van der Waals surface area contributed by atoms with Crippen molar-refractivity contribution in [3.63, 3.8) is 0 Å². The molecule has 0 saturated carbocycles. The van der Waals surface area contributed by atoms with Gasteiger partial charge in [0.2, 0.25) is 0 Å². The van der Waals surface area contributed by atoms with Crippen molar-refractivity contribution in [3.8, 4) is 0 Å². The molecule has 0 saturated heterocycles. The van der Waals surface area contributed by atoms with E-state index in [0.29, 0.717) is 0 Å². The molecule has 0 radical (unpaired) electrons. The first kappa shape index (κ1) is 16.5. The molecule has 0 aliphatic carbocycles. The molecule has 0 aliphatic rings. The highest BCUT2D eigenvalue weighted by Crippen LogP contribution is 2.65. The van der Waals surface area contributed by atoms with Crippen LogP contribution in [0.2, 0.25) is 0 Å². The maximum Gasteiger partial charge on any atom is 0.123 e. The molecule has 0 heterocycles. The molecule has 3 aromatic carbocycles. The molecule has 3 rings (SSSR count). The summed E-state index contributed by atoms with van der Waals surface area (Å²) in [4.78, 5) is 3.26. The van der Waals surface area contributed by atoms with Crippen molar-refractivity contribution < 1.29 is 8.78 Å². The van der Waals surface area contributed by atoms with Crippen LogP contribution in [0.25, 0.3) is 0 Å². The van der Waals surface area contributed by atoms with Crippen LogP contribution in [0.1, 0.15) is 0 Å². The van der Waals surface area contributed by atoms with Crippen LogP contribution in [0, 0.1) is 15.2 Å². The van der Waals surface area contributed by atoms with Gasteiger partial charge in [-0.2, -0.15) is 10.0 Å². The number of halogens is 3. The quantitative estimate of drug-likeness (QED) is 0.409. The molecule has 0 spiro atoms. The Labute approximate surface area is 150 Å². The summed E-state index contributed by atoms with van der Waals surface area (Å²) in [7, 11) is -1.56. The van der Waals surface area contributed by atoms with E-state index in [2.05, 4.69) is 53.1 Å². The lowest BCUT2D eigenvalue weighted by Crippen LogP contribution is -2.02. The van der Waals surface area contributed by atoms with Gasteiger partial charge in [-0.1, -0.05) is 0 Å². The molecule has 0 fully saturated rings. The van der Waals surface area contributed by atoms with Gasteiger partial charge in [-0.05, 0) is 116 Å². The first-order valence-electron chi connectivity index (χ1n) is 7.05. The van der Waals surface area contributed by atoms with E-state index in [1.807, 2.05) is 24.3 Å². The van der Waals surface area contributed by atoms with Crippen molar-refractivity contribution in [1.29, 1.82) is 0 Å². The Kier molecular flexibility index (Phi) is 4.73. The van der Waals surface area contributed by atoms with Gasteiger partial charge < -0.3 is 0 Å². The SMILES string of the molecule is CS(c1ccc(F)cc1)(c1ccc(F)cc1)c1ccc(I)cc1. The van der Waals surface area contributed by atoms with E-state index in [-0.39, 0.29) is 11.6 Å². The van der Waals surface area contributed by atoms with Crippen LogP contribution < -0.4 is 0 Å². The average Bonchev–Trinajstić information content (AvgIpc) is 2.56. The summed E-state index contributed by atoms with van der Waals surface area (Å²) in [6.07, 6.45) is 2.16. The first-order chi connectivity index (χ1) is 11.0. The van der Waals surface area contributed by atoms with E-state index in [0.717, 1.165) is 18.3 Å². The molecule has 0 bridgehead atoms. The van der Waals surface area contributed by atoms with Gasteiger partial charge in [0.25, 0.3) is 0 Å². The van der Waals surface area contributed by atoms with Gasteiger partial charge in [-0.25, -0.2) is 8.78 Å². The Morgan fingerprint density at radius 2 is 0.913 bits per heavy atom.